The third kappa shape index (κ3) is 9.65. The second-order valence-corrected chi connectivity index (χ2v) is 9.85. The smallest absolute Gasteiger partial charge is 0.490 e. The van der Waals surface area contributed by atoms with Crippen molar-refractivity contribution in [1.82, 2.24) is 10.3 Å². The zero-order valence-electron chi connectivity index (χ0n) is 25.1. The van der Waals surface area contributed by atoms with Crippen LogP contribution in [0.3, 0.4) is 0 Å². The fourth-order valence-corrected chi connectivity index (χ4v) is 4.22. The fourth-order valence-electron chi connectivity index (χ4n) is 4.22. The van der Waals surface area contributed by atoms with E-state index in [1.165, 1.54) is 0 Å². The first-order valence-electron chi connectivity index (χ1n) is 13.9. The van der Waals surface area contributed by atoms with Gasteiger partial charge >= 0.3 is 12.1 Å². The molecule has 0 saturated heterocycles. The van der Waals surface area contributed by atoms with E-state index in [9.17, 15) is 18.0 Å². The summed E-state index contributed by atoms with van der Waals surface area (Å²) in [7, 11) is 1.61. The maximum Gasteiger partial charge on any atom is 0.490 e. The van der Waals surface area contributed by atoms with Crippen molar-refractivity contribution in [2.45, 2.75) is 45.6 Å². The lowest BCUT2D eigenvalue weighted by molar-refractivity contribution is -0.192. The van der Waals surface area contributed by atoms with Crippen LogP contribution in [0.2, 0.25) is 0 Å². The predicted molar refractivity (Wildman–Crippen MR) is 164 cm³/mol. The van der Waals surface area contributed by atoms with Gasteiger partial charge in [-0.25, -0.2) is 9.78 Å². The number of nitrogen functional groups attached to an aromatic ring is 1. The minimum atomic E-state index is -5.08. The molecule has 0 aliphatic carbocycles. The first kappa shape index (κ1) is 34.3. The lowest BCUT2D eigenvalue weighted by atomic mass is 10.0. The van der Waals surface area contributed by atoms with E-state index in [2.05, 4.69) is 15.6 Å². The summed E-state index contributed by atoms with van der Waals surface area (Å²) < 4.78 is 49.0. The van der Waals surface area contributed by atoms with E-state index in [0.29, 0.717) is 36.2 Å². The number of methoxy groups -OCH3 is 1. The number of amides is 1. The minimum absolute atomic E-state index is 0.0161. The number of nitrogens with one attached hydrogen (secondary N) is 2. The molecule has 240 valence electrons. The first-order valence-corrected chi connectivity index (χ1v) is 13.9. The molecule has 13 heteroatoms. The maximum atomic E-state index is 13.7. The number of aliphatic carboxylic acids is 1. The van der Waals surface area contributed by atoms with Crippen LogP contribution in [0.1, 0.15) is 37.9 Å². The van der Waals surface area contributed by atoms with E-state index in [4.69, 9.17) is 29.8 Å². The van der Waals surface area contributed by atoms with Crippen molar-refractivity contribution < 1.29 is 42.1 Å². The number of alkyl halides is 3. The number of para-hydroxylation sites is 1. The van der Waals surface area contributed by atoms with Gasteiger partial charge in [-0.05, 0) is 74.2 Å². The molecule has 5 N–H and O–H groups in total. The number of nitrogens with two attached hydrogens (primary N) is 1. The summed E-state index contributed by atoms with van der Waals surface area (Å²) in [5.74, 6) is -0.570. The van der Waals surface area contributed by atoms with Gasteiger partial charge in [0, 0.05) is 29.4 Å². The Morgan fingerprint density at radius 3 is 2.36 bits per heavy atom. The van der Waals surface area contributed by atoms with Gasteiger partial charge in [-0.2, -0.15) is 13.2 Å². The Kier molecular flexibility index (Phi) is 11.8. The fraction of sp³-hybridized carbons (Fsp3) is 0.281. The molecule has 1 atom stereocenters. The SMILES string of the molecule is CCOc1cc(C(Nc2ccc3c(N)nccc3c2)C(=O)NCc2ccccc2OC)ccc1OC(C)C.O=C(O)C(F)(F)F. The van der Waals surface area contributed by atoms with Gasteiger partial charge in [0.1, 0.15) is 17.6 Å². The molecular formula is C32H35F3N4O6. The van der Waals surface area contributed by atoms with Crippen LogP contribution in [0.5, 0.6) is 17.2 Å². The molecule has 4 rings (SSSR count). The predicted octanol–water partition coefficient (Wildman–Crippen LogP) is 6.11. The van der Waals surface area contributed by atoms with Gasteiger partial charge in [-0.3, -0.25) is 4.79 Å². The topological polar surface area (TPSA) is 145 Å². The number of hydrogen-bond acceptors (Lipinski definition) is 8. The first-order chi connectivity index (χ1) is 21.3. The van der Waals surface area contributed by atoms with E-state index >= 15 is 0 Å². The summed E-state index contributed by atoms with van der Waals surface area (Å²) in [6.07, 6.45) is -3.43. The highest BCUT2D eigenvalue weighted by molar-refractivity contribution is 5.94. The third-order valence-electron chi connectivity index (χ3n) is 6.22. The Labute approximate surface area is 258 Å². The number of fused-ring (bicyclic) bond motifs is 1. The molecule has 45 heavy (non-hydrogen) atoms. The number of benzene rings is 3. The van der Waals surface area contributed by atoms with Crippen molar-refractivity contribution in [3.05, 3.63) is 84.1 Å². The zero-order valence-corrected chi connectivity index (χ0v) is 25.1. The number of ether oxygens (including phenoxy) is 3. The van der Waals surface area contributed by atoms with Gasteiger partial charge in [0.2, 0.25) is 5.91 Å². The molecule has 1 amide bonds. The molecular weight excluding hydrogens is 593 g/mol. The van der Waals surface area contributed by atoms with Crippen LogP contribution in [0.25, 0.3) is 10.8 Å². The summed E-state index contributed by atoms with van der Waals surface area (Å²) in [6, 6.07) is 20.1. The Morgan fingerprint density at radius 1 is 1.00 bits per heavy atom. The second-order valence-electron chi connectivity index (χ2n) is 9.85. The molecule has 0 saturated carbocycles. The van der Waals surface area contributed by atoms with Gasteiger partial charge < -0.3 is 35.7 Å². The summed E-state index contributed by atoms with van der Waals surface area (Å²) in [5.41, 5.74) is 8.41. The van der Waals surface area contributed by atoms with Crippen LogP contribution >= 0.6 is 0 Å². The molecule has 10 nitrogen and oxygen atoms in total. The quantitative estimate of drug-likeness (QED) is 0.154. The largest absolute Gasteiger partial charge is 0.496 e. The Bertz CT molecular complexity index is 1610. The average molecular weight is 629 g/mol. The molecule has 0 aliphatic rings. The summed E-state index contributed by atoms with van der Waals surface area (Å²) in [6.45, 7) is 6.61. The Hall–Kier alpha value is -5.20. The van der Waals surface area contributed by atoms with Crippen molar-refractivity contribution in [1.29, 1.82) is 0 Å². The minimum Gasteiger partial charge on any atom is -0.496 e. The molecule has 4 aromatic rings. The van der Waals surface area contributed by atoms with Gasteiger partial charge in [-0.1, -0.05) is 24.3 Å². The molecule has 3 aromatic carbocycles. The Morgan fingerprint density at radius 2 is 1.71 bits per heavy atom. The second kappa shape index (κ2) is 15.5. The Balaban J connectivity index is 0.000000707. The van der Waals surface area contributed by atoms with Crippen LogP contribution in [-0.4, -0.2) is 48.0 Å². The van der Waals surface area contributed by atoms with Crippen molar-refractivity contribution in [2.75, 3.05) is 24.8 Å². The molecule has 0 fully saturated rings. The highest BCUT2D eigenvalue weighted by Gasteiger charge is 2.38. The number of halogens is 3. The van der Waals surface area contributed by atoms with Crippen LogP contribution in [0, 0.1) is 0 Å². The molecule has 0 aliphatic heterocycles. The number of hydrogen-bond donors (Lipinski definition) is 4. The van der Waals surface area contributed by atoms with Gasteiger partial charge in [-0.15, -0.1) is 0 Å². The van der Waals surface area contributed by atoms with Gasteiger partial charge in [0.15, 0.2) is 11.5 Å². The molecule has 0 bridgehead atoms. The summed E-state index contributed by atoms with van der Waals surface area (Å²) in [5, 5.41) is 15.4. The maximum absolute atomic E-state index is 13.7. The number of carbonyl (C=O) groups excluding carboxylic acids is 1. The highest BCUT2D eigenvalue weighted by Crippen LogP contribution is 2.33. The van der Waals surface area contributed by atoms with Crippen molar-refractivity contribution in [3.63, 3.8) is 0 Å². The monoisotopic (exact) mass is 628 g/mol. The molecule has 0 radical (unpaired) electrons. The van der Waals surface area contributed by atoms with Crippen molar-refractivity contribution in [2.24, 2.45) is 0 Å². The number of nitrogens with zero attached hydrogens (tertiary/aromatic N) is 1. The zero-order chi connectivity index (χ0) is 33.1. The van der Waals surface area contributed by atoms with Crippen molar-refractivity contribution in [3.8, 4) is 17.2 Å². The van der Waals surface area contributed by atoms with Crippen LogP contribution in [0.4, 0.5) is 24.7 Å². The lowest BCUT2D eigenvalue weighted by Gasteiger charge is -2.22. The number of carbonyl (C=O) groups is 2. The van der Waals surface area contributed by atoms with E-state index in [0.717, 1.165) is 27.6 Å². The number of anilines is 2. The number of carboxylic acids is 1. The van der Waals surface area contributed by atoms with Gasteiger partial charge in [0.05, 0.1) is 19.8 Å². The third-order valence-corrected chi connectivity index (χ3v) is 6.22. The normalized spacial score (nSPS) is 11.6. The average Bonchev–Trinajstić information content (AvgIpc) is 2.99. The van der Waals surface area contributed by atoms with E-state index in [-0.39, 0.29) is 12.0 Å². The van der Waals surface area contributed by atoms with Crippen LogP contribution in [0.15, 0.2) is 72.9 Å². The summed E-state index contributed by atoms with van der Waals surface area (Å²) in [4.78, 5) is 26.7. The lowest BCUT2D eigenvalue weighted by Crippen LogP contribution is -2.33. The molecule has 0 spiro atoms. The van der Waals surface area contributed by atoms with E-state index in [1.54, 1.807) is 13.3 Å². The van der Waals surface area contributed by atoms with E-state index in [1.807, 2.05) is 87.5 Å². The van der Waals surface area contributed by atoms with Crippen LogP contribution in [-0.2, 0) is 16.1 Å². The van der Waals surface area contributed by atoms with Crippen molar-refractivity contribution >= 4 is 34.2 Å². The number of rotatable bonds is 11. The molecule has 1 aromatic heterocycles. The number of carboxylic acid groups (broad SMARTS) is 1. The van der Waals surface area contributed by atoms with Gasteiger partial charge in [0.25, 0.3) is 0 Å². The van der Waals surface area contributed by atoms with E-state index < -0.39 is 18.2 Å². The number of aromatic nitrogens is 1. The standard InChI is InChI=1S/C30H34N4O4.C2HF3O2/c1-5-37-27-17-21(10-13-26(27)38-19(2)3)28(30(35)33-18-22-8-6-7-9-25(22)36-4)34-23-11-12-24-20(16-23)14-15-32-29(24)31;3-2(4,5)1(6)7/h6-17,19,28,34H,5,18H2,1-4H3,(H2,31,32)(H,33,35);(H,6,7). The molecule has 1 unspecified atom stereocenters. The summed E-state index contributed by atoms with van der Waals surface area (Å²) >= 11 is 0. The highest BCUT2D eigenvalue weighted by atomic mass is 19.4. The molecule has 1 heterocycles. The van der Waals surface area contributed by atoms with Crippen LogP contribution < -0.4 is 30.6 Å². The number of pyridine rings is 1.